The highest BCUT2D eigenvalue weighted by Crippen LogP contribution is 2.13. The first-order valence-corrected chi connectivity index (χ1v) is 4.02. The number of allylic oxidation sites excluding steroid dienone is 1. The molecule has 62 valence electrons. The van der Waals surface area contributed by atoms with E-state index in [1.165, 1.54) is 0 Å². The van der Waals surface area contributed by atoms with Gasteiger partial charge in [0.05, 0.1) is 12.6 Å². The summed E-state index contributed by atoms with van der Waals surface area (Å²) in [6.07, 6.45) is 8.06. The van der Waals surface area contributed by atoms with Crippen LogP contribution in [0.3, 0.4) is 0 Å². The van der Waals surface area contributed by atoms with E-state index >= 15 is 0 Å². The lowest BCUT2D eigenvalue weighted by Crippen LogP contribution is -2.38. The van der Waals surface area contributed by atoms with Crippen molar-refractivity contribution in [2.24, 2.45) is 16.6 Å². The topological polar surface area (TPSA) is 50.4 Å². The van der Waals surface area contributed by atoms with Crippen LogP contribution in [-0.4, -0.2) is 18.5 Å². The molecular formula is C9H11N3. The fraction of sp³-hybridized carbons (Fsp3) is 0.333. The van der Waals surface area contributed by atoms with Crippen LogP contribution >= 0.6 is 0 Å². The van der Waals surface area contributed by atoms with E-state index in [-0.39, 0.29) is 0 Å². The van der Waals surface area contributed by atoms with Crippen molar-refractivity contribution >= 4 is 5.96 Å². The average molecular weight is 161 g/mol. The van der Waals surface area contributed by atoms with Gasteiger partial charge in [-0.1, -0.05) is 12.2 Å². The minimum absolute atomic E-state index is 0.322. The Morgan fingerprint density at radius 1 is 1.67 bits per heavy atom. The molecule has 2 rings (SSSR count). The molecule has 0 radical (unpaired) electrons. The van der Waals surface area contributed by atoms with Crippen LogP contribution in [0, 0.1) is 5.92 Å². The highest BCUT2D eigenvalue weighted by Gasteiger charge is 2.21. The Kier molecular flexibility index (Phi) is 1.72. The Bertz CT molecular complexity index is 295. The number of aliphatic imine (C=N–C) groups is 1. The average Bonchev–Trinajstić information content (AvgIpc) is 2.54. The Labute approximate surface area is 71.4 Å². The third-order valence-electron chi connectivity index (χ3n) is 2.07. The van der Waals surface area contributed by atoms with E-state index in [2.05, 4.69) is 22.1 Å². The third kappa shape index (κ3) is 1.27. The lowest BCUT2D eigenvalue weighted by molar-refractivity contribution is 0.569. The Morgan fingerprint density at radius 3 is 3.17 bits per heavy atom. The molecular weight excluding hydrogens is 150 g/mol. The smallest absolute Gasteiger partial charge is 0.188 e. The fourth-order valence-corrected chi connectivity index (χ4v) is 1.41. The van der Waals surface area contributed by atoms with Crippen LogP contribution in [0.5, 0.6) is 0 Å². The van der Waals surface area contributed by atoms with Gasteiger partial charge in [0.1, 0.15) is 0 Å². The molecule has 0 spiro atoms. The second-order valence-corrected chi connectivity index (χ2v) is 2.94. The van der Waals surface area contributed by atoms with E-state index in [9.17, 15) is 0 Å². The molecule has 0 aromatic rings. The molecule has 3 nitrogen and oxygen atoms in total. The van der Waals surface area contributed by atoms with E-state index in [0.717, 1.165) is 6.54 Å². The number of nitrogens with one attached hydrogen (secondary N) is 1. The maximum atomic E-state index is 5.50. The van der Waals surface area contributed by atoms with Crippen LogP contribution in [-0.2, 0) is 0 Å². The quantitative estimate of drug-likeness (QED) is 0.539. The fourth-order valence-electron chi connectivity index (χ4n) is 1.41. The molecule has 3 heteroatoms. The number of nitrogens with zero attached hydrogens (tertiary/aromatic N) is 1. The van der Waals surface area contributed by atoms with Crippen molar-refractivity contribution in [2.45, 2.75) is 6.04 Å². The molecule has 0 saturated heterocycles. The standard InChI is InChI=1S/C9H11N3/c10-9-11-6-8(12-9)7-4-2-1-3-5-7/h1-2,4-5,7-8H,6H2,(H3,10,11,12). The van der Waals surface area contributed by atoms with Crippen molar-refractivity contribution in [2.75, 3.05) is 6.54 Å². The molecule has 0 bridgehead atoms. The molecule has 3 N–H and O–H groups in total. The Hall–Kier alpha value is -1.47. The number of hydrogen-bond acceptors (Lipinski definition) is 3. The third-order valence-corrected chi connectivity index (χ3v) is 2.07. The second-order valence-electron chi connectivity index (χ2n) is 2.94. The number of rotatable bonds is 1. The maximum absolute atomic E-state index is 5.50. The molecule has 1 heterocycles. The Balaban J connectivity index is 2.04. The summed E-state index contributed by atoms with van der Waals surface area (Å²) >= 11 is 0. The molecule has 2 aliphatic rings. The SMILES string of the molecule is NC1=NCC(C2C=C=CC=C2)N1. The number of nitrogens with two attached hydrogens (primary N) is 1. The zero-order chi connectivity index (χ0) is 8.39. The maximum Gasteiger partial charge on any atom is 0.188 e. The number of guanidine groups is 1. The van der Waals surface area contributed by atoms with E-state index < -0.39 is 0 Å². The first-order chi connectivity index (χ1) is 5.86. The van der Waals surface area contributed by atoms with Gasteiger partial charge < -0.3 is 11.1 Å². The summed E-state index contributed by atoms with van der Waals surface area (Å²) in [5, 5.41) is 3.11. The minimum atomic E-state index is 0.322. The van der Waals surface area contributed by atoms with Crippen LogP contribution in [0.1, 0.15) is 0 Å². The summed E-state index contributed by atoms with van der Waals surface area (Å²) in [6, 6.07) is 0.322. The van der Waals surface area contributed by atoms with Crippen molar-refractivity contribution in [3.8, 4) is 0 Å². The summed E-state index contributed by atoms with van der Waals surface area (Å²) < 4.78 is 0. The van der Waals surface area contributed by atoms with Gasteiger partial charge in [-0.2, -0.15) is 0 Å². The largest absolute Gasteiger partial charge is 0.370 e. The van der Waals surface area contributed by atoms with E-state index in [1.807, 2.05) is 18.2 Å². The van der Waals surface area contributed by atoms with Gasteiger partial charge in [-0.25, -0.2) is 0 Å². The molecule has 2 unspecified atom stereocenters. The van der Waals surface area contributed by atoms with Gasteiger partial charge in [0.25, 0.3) is 0 Å². The normalized spacial score (nSPS) is 31.8. The summed E-state index contributed by atoms with van der Waals surface area (Å²) in [5.41, 5.74) is 8.56. The highest BCUT2D eigenvalue weighted by atomic mass is 15.2. The summed E-state index contributed by atoms with van der Waals surface area (Å²) in [4.78, 5) is 4.08. The van der Waals surface area contributed by atoms with Gasteiger partial charge in [0.2, 0.25) is 0 Å². The monoisotopic (exact) mass is 161 g/mol. The zero-order valence-corrected chi connectivity index (χ0v) is 6.70. The van der Waals surface area contributed by atoms with Crippen LogP contribution in [0.15, 0.2) is 35.0 Å². The molecule has 0 fully saturated rings. The van der Waals surface area contributed by atoms with E-state index in [1.54, 1.807) is 0 Å². The first-order valence-electron chi connectivity index (χ1n) is 4.02. The molecule has 0 saturated carbocycles. The molecule has 1 aliphatic carbocycles. The van der Waals surface area contributed by atoms with Gasteiger partial charge in [-0.05, 0) is 12.2 Å². The van der Waals surface area contributed by atoms with Crippen LogP contribution in [0.2, 0.25) is 0 Å². The summed E-state index contributed by atoms with van der Waals surface area (Å²) in [6.45, 7) is 0.763. The minimum Gasteiger partial charge on any atom is -0.370 e. The molecule has 0 amide bonds. The molecule has 0 aromatic heterocycles. The van der Waals surface area contributed by atoms with Crippen molar-refractivity contribution in [1.29, 1.82) is 0 Å². The van der Waals surface area contributed by atoms with E-state index in [0.29, 0.717) is 17.9 Å². The first kappa shape index (κ1) is 7.19. The van der Waals surface area contributed by atoms with Crippen LogP contribution in [0.4, 0.5) is 0 Å². The molecule has 2 atom stereocenters. The predicted molar refractivity (Wildman–Crippen MR) is 48.7 cm³/mol. The van der Waals surface area contributed by atoms with Crippen LogP contribution < -0.4 is 11.1 Å². The van der Waals surface area contributed by atoms with Gasteiger partial charge in [0.15, 0.2) is 5.96 Å². The lowest BCUT2D eigenvalue weighted by Gasteiger charge is -2.16. The predicted octanol–water partition coefficient (Wildman–Crippen LogP) is 0.170. The Morgan fingerprint density at radius 2 is 2.58 bits per heavy atom. The highest BCUT2D eigenvalue weighted by molar-refractivity contribution is 5.80. The van der Waals surface area contributed by atoms with E-state index in [4.69, 9.17) is 5.73 Å². The van der Waals surface area contributed by atoms with Crippen molar-refractivity contribution in [3.05, 3.63) is 30.0 Å². The van der Waals surface area contributed by atoms with Gasteiger partial charge in [-0.3, -0.25) is 4.99 Å². The van der Waals surface area contributed by atoms with Crippen molar-refractivity contribution in [1.82, 2.24) is 5.32 Å². The molecule has 1 aliphatic heterocycles. The molecule has 12 heavy (non-hydrogen) atoms. The summed E-state index contributed by atoms with van der Waals surface area (Å²) in [5.74, 6) is 0.927. The van der Waals surface area contributed by atoms with Crippen molar-refractivity contribution < 1.29 is 0 Å². The number of hydrogen-bond donors (Lipinski definition) is 2. The van der Waals surface area contributed by atoms with Gasteiger partial charge in [0, 0.05) is 5.92 Å². The lowest BCUT2D eigenvalue weighted by atomic mass is 9.98. The molecule has 0 aromatic carbocycles. The second kappa shape index (κ2) is 2.88. The van der Waals surface area contributed by atoms with Crippen molar-refractivity contribution in [3.63, 3.8) is 0 Å². The van der Waals surface area contributed by atoms with Gasteiger partial charge in [-0.15, -0.1) is 5.73 Å². The zero-order valence-electron chi connectivity index (χ0n) is 6.70. The summed E-state index contributed by atoms with van der Waals surface area (Å²) in [7, 11) is 0. The van der Waals surface area contributed by atoms with Crippen LogP contribution in [0.25, 0.3) is 0 Å². The van der Waals surface area contributed by atoms with Gasteiger partial charge >= 0.3 is 0 Å².